The van der Waals surface area contributed by atoms with E-state index in [4.69, 9.17) is 5.26 Å². The molecule has 0 aliphatic carbocycles. The van der Waals surface area contributed by atoms with Gasteiger partial charge in [-0.3, -0.25) is 0 Å². The fourth-order valence-corrected chi connectivity index (χ4v) is 3.93. The summed E-state index contributed by atoms with van der Waals surface area (Å²) in [5.41, 5.74) is 1.53. The molecule has 0 unspecified atom stereocenters. The zero-order valence-corrected chi connectivity index (χ0v) is 12.4. The SMILES string of the molecule is CCCS(=O)(=O)N1CCN(c2ccccc2C#N)CC1. The molecule has 5 nitrogen and oxygen atoms in total. The van der Waals surface area contributed by atoms with Gasteiger partial charge in [0.1, 0.15) is 6.07 Å². The zero-order chi connectivity index (χ0) is 14.6. The molecule has 0 saturated carbocycles. The van der Waals surface area contributed by atoms with E-state index in [9.17, 15) is 8.42 Å². The first kappa shape index (κ1) is 14.8. The highest BCUT2D eigenvalue weighted by Crippen LogP contribution is 2.21. The standard InChI is InChI=1S/C14H19N3O2S/c1-2-11-20(18,19)17-9-7-16(8-10-17)14-6-4-3-5-13(14)12-15/h3-6H,2,7-11H2,1H3. The van der Waals surface area contributed by atoms with Crippen molar-refractivity contribution >= 4 is 15.7 Å². The number of rotatable bonds is 4. The molecule has 1 aliphatic heterocycles. The van der Waals surface area contributed by atoms with Gasteiger partial charge in [0.25, 0.3) is 0 Å². The lowest BCUT2D eigenvalue weighted by atomic mass is 10.1. The normalized spacial score (nSPS) is 16.9. The van der Waals surface area contributed by atoms with Crippen LogP contribution in [0, 0.1) is 11.3 Å². The first-order chi connectivity index (χ1) is 9.58. The Morgan fingerprint density at radius 2 is 1.85 bits per heavy atom. The maximum Gasteiger partial charge on any atom is 0.214 e. The summed E-state index contributed by atoms with van der Waals surface area (Å²) in [5, 5.41) is 9.12. The molecule has 1 fully saturated rings. The average Bonchev–Trinajstić information content (AvgIpc) is 2.47. The number of piperazine rings is 1. The van der Waals surface area contributed by atoms with Gasteiger partial charge in [0.05, 0.1) is 17.0 Å². The van der Waals surface area contributed by atoms with Crippen LogP contribution in [0.15, 0.2) is 24.3 Å². The van der Waals surface area contributed by atoms with E-state index in [2.05, 4.69) is 11.0 Å². The Kier molecular flexibility index (Phi) is 4.63. The Hall–Kier alpha value is -1.58. The van der Waals surface area contributed by atoms with Crippen molar-refractivity contribution in [3.8, 4) is 6.07 Å². The van der Waals surface area contributed by atoms with Crippen molar-refractivity contribution in [1.82, 2.24) is 4.31 Å². The quantitative estimate of drug-likeness (QED) is 0.842. The lowest BCUT2D eigenvalue weighted by Gasteiger charge is -2.35. The Balaban J connectivity index is 2.07. The summed E-state index contributed by atoms with van der Waals surface area (Å²) in [6.45, 7) is 4.10. The summed E-state index contributed by atoms with van der Waals surface area (Å²) >= 11 is 0. The number of anilines is 1. The van der Waals surface area contributed by atoms with Crippen molar-refractivity contribution in [1.29, 1.82) is 5.26 Å². The van der Waals surface area contributed by atoms with E-state index in [1.54, 1.807) is 10.4 Å². The minimum Gasteiger partial charge on any atom is -0.368 e. The first-order valence-corrected chi connectivity index (χ1v) is 8.41. The van der Waals surface area contributed by atoms with Crippen LogP contribution in [0.1, 0.15) is 18.9 Å². The highest BCUT2D eigenvalue weighted by molar-refractivity contribution is 7.89. The van der Waals surface area contributed by atoms with Gasteiger partial charge in [-0.25, -0.2) is 8.42 Å². The van der Waals surface area contributed by atoms with Crippen LogP contribution >= 0.6 is 0 Å². The Morgan fingerprint density at radius 3 is 2.45 bits per heavy atom. The van der Waals surface area contributed by atoms with Crippen LogP contribution < -0.4 is 4.90 Å². The van der Waals surface area contributed by atoms with Gasteiger partial charge in [-0.15, -0.1) is 0 Å². The molecule has 1 aromatic rings. The molecule has 0 amide bonds. The molecule has 20 heavy (non-hydrogen) atoms. The highest BCUT2D eigenvalue weighted by Gasteiger charge is 2.26. The van der Waals surface area contributed by atoms with Crippen molar-refractivity contribution in [2.45, 2.75) is 13.3 Å². The third-order valence-electron chi connectivity index (χ3n) is 3.46. The topological polar surface area (TPSA) is 64.4 Å². The van der Waals surface area contributed by atoms with E-state index in [-0.39, 0.29) is 5.75 Å². The number of benzene rings is 1. The maximum absolute atomic E-state index is 12.0. The Morgan fingerprint density at radius 1 is 1.20 bits per heavy atom. The van der Waals surface area contributed by atoms with E-state index in [0.29, 0.717) is 38.2 Å². The summed E-state index contributed by atoms with van der Waals surface area (Å²) in [5.74, 6) is 0.210. The molecule has 1 aromatic carbocycles. The van der Waals surface area contributed by atoms with Gasteiger partial charge in [-0.2, -0.15) is 9.57 Å². The monoisotopic (exact) mass is 293 g/mol. The van der Waals surface area contributed by atoms with Gasteiger partial charge in [0, 0.05) is 26.2 Å². The average molecular weight is 293 g/mol. The number of hydrogen-bond donors (Lipinski definition) is 0. The predicted molar refractivity (Wildman–Crippen MR) is 79.0 cm³/mol. The number of hydrogen-bond acceptors (Lipinski definition) is 4. The van der Waals surface area contributed by atoms with E-state index in [1.165, 1.54) is 0 Å². The molecule has 0 spiro atoms. The maximum atomic E-state index is 12.0. The molecule has 1 aliphatic rings. The molecule has 108 valence electrons. The third kappa shape index (κ3) is 3.11. The van der Waals surface area contributed by atoms with E-state index < -0.39 is 10.0 Å². The van der Waals surface area contributed by atoms with Gasteiger partial charge in [-0.1, -0.05) is 19.1 Å². The lowest BCUT2D eigenvalue weighted by Crippen LogP contribution is -2.49. The van der Waals surface area contributed by atoms with Crippen molar-refractivity contribution in [2.75, 3.05) is 36.8 Å². The predicted octanol–water partition coefficient (Wildman–Crippen LogP) is 1.42. The lowest BCUT2D eigenvalue weighted by molar-refractivity contribution is 0.384. The molecule has 1 saturated heterocycles. The second-order valence-corrected chi connectivity index (χ2v) is 6.92. The summed E-state index contributed by atoms with van der Waals surface area (Å²) in [4.78, 5) is 2.08. The van der Waals surface area contributed by atoms with Gasteiger partial charge in [-0.05, 0) is 18.6 Å². The van der Waals surface area contributed by atoms with E-state index >= 15 is 0 Å². The molecule has 0 radical (unpaired) electrons. The third-order valence-corrected chi connectivity index (χ3v) is 5.54. The summed E-state index contributed by atoms with van der Waals surface area (Å²) in [7, 11) is -3.11. The fourth-order valence-electron chi connectivity index (χ4n) is 2.44. The van der Waals surface area contributed by atoms with Crippen molar-refractivity contribution in [2.24, 2.45) is 0 Å². The van der Waals surface area contributed by atoms with Crippen LogP contribution in [0.4, 0.5) is 5.69 Å². The van der Waals surface area contributed by atoms with Crippen molar-refractivity contribution < 1.29 is 8.42 Å². The van der Waals surface area contributed by atoms with Crippen LogP contribution in [0.2, 0.25) is 0 Å². The fraction of sp³-hybridized carbons (Fsp3) is 0.500. The number of nitrogens with zero attached hydrogens (tertiary/aromatic N) is 3. The van der Waals surface area contributed by atoms with Crippen molar-refractivity contribution in [3.63, 3.8) is 0 Å². The largest absolute Gasteiger partial charge is 0.368 e. The Labute approximate surface area is 120 Å². The number of nitriles is 1. The van der Waals surface area contributed by atoms with Gasteiger partial charge in [0.2, 0.25) is 10.0 Å². The molecule has 2 rings (SSSR count). The van der Waals surface area contributed by atoms with Crippen LogP contribution in [-0.4, -0.2) is 44.7 Å². The van der Waals surface area contributed by atoms with Crippen molar-refractivity contribution in [3.05, 3.63) is 29.8 Å². The molecule has 1 heterocycles. The minimum absolute atomic E-state index is 0.210. The smallest absolute Gasteiger partial charge is 0.214 e. The van der Waals surface area contributed by atoms with Crippen LogP contribution in [0.25, 0.3) is 0 Å². The summed E-state index contributed by atoms with van der Waals surface area (Å²) in [6, 6.07) is 9.62. The van der Waals surface area contributed by atoms with Gasteiger partial charge in [0.15, 0.2) is 0 Å². The van der Waals surface area contributed by atoms with Crippen LogP contribution in [0.3, 0.4) is 0 Å². The molecule has 0 bridgehead atoms. The van der Waals surface area contributed by atoms with Crippen LogP contribution in [0.5, 0.6) is 0 Å². The number of sulfonamides is 1. The molecule has 0 aromatic heterocycles. The highest BCUT2D eigenvalue weighted by atomic mass is 32.2. The van der Waals surface area contributed by atoms with E-state index in [0.717, 1.165) is 5.69 Å². The molecular formula is C14H19N3O2S. The Bertz CT molecular complexity index is 599. The van der Waals surface area contributed by atoms with Gasteiger partial charge < -0.3 is 4.90 Å². The molecule has 6 heteroatoms. The second-order valence-electron chi connectivity index (χ2n) is 4.83. The molecular weight excluding hydrogens is 274 g/mol. The summed E-state index contributed by atoms with van der Waals surface area (Å²) in [6.07, 6.45) is 0.639. The molecule has 0 N–H and O–H groups in total. The minimum atomic E-state index is -3.11. The summed E-state index contributed by atoms with van der Waals surface area (Å²) < 4.78 is 25.6. The zero-order valence-electron chi connectivity index (χ0n) is 11.6. The number of para-hydroxylation sites is 1. The molecule has 0 atom stereocenters. The van der Waals surface area contributed by atoms with Gasteiger partial charge >= 0.3 is 0 Å². The van der Waals surface area contributed by atoms with Crippen LogP contribution in [-0.2, 0) is 10.0 Å². The second kappa shape index (κ2) is 6.25. The first-order valence-electron chi connectivity index (χ1n) is 6.80. The van der Waals surface area contributed by atoms with E-state index in [1.807, 2.05) is 25.1 Å².